The summed E-state index contributed by atoms with van der Waals surface area (Å²) in [5, 5.41) is 7.04. The highest BCUT2D eigenvalue weighted by atomic mass is 16.5. The number of benzene rings is 1. The molecule has 0 fully saturated rings. The Morgan fingerprint density at radius 1 is 1.24 bits per heavy atom. The Kier molecular flexibility index (Phi) is 4.13. The summed E-state index contributed by atoms with van der Waals surface area (Å²) in [6.07, 6.45) is 2.50. The van der Waals surface area contributed by atoms with Gasteiger partial charge in [-0.05, 0) is 31.4 Å². The van der Waals surface area contributed by atoms with Crippen molar-refractivity contribution in [2.75, 3.05) is 30.3 Å². The van der Waals surface area contributed by atoms with Crippen LogP contribution in [0.4, 0.5) is 11.4 Å². The number of hydrogen-bond acceptors (Lipinski definition) is 3. The average molecular weight is 234 g/mol. The van der Waals surface area contributed by atoms with Gasteiger partial charge in [-0.3, -0.25) is 0 Å². The van der Waals surface area contributed by atoms with Crippen LogP contribution in [0, 0.1) is 5.92 Å². The van der Waals surface area contributed by atoms with Crippen molar-refractivity contribution in [3.05, 3.63) is 18.2 Å². The van der Waals surface area contributed by atoms with Crippen LogP contribution in [-0.2, 0) is 0 Å². The third kappa shape index (κ3) is 2.84. The second-order valence-electron chi connectivity index (χ2n) is 4.53. The van der Waals surface area contributed by atoms with Gasteiger partial charge in [0.2, 0.25) is 0 Å². The molecule has 1 heterocycles. The van der Waals surface area contributed by atoms with Gasteiger partial charge < -0.3 is 15.4 Å². The van der Waals surface area contributed by atoms with Crippen molar-refractivity contribution >= 4 is 11.4 Å². The maximum atomic E-state index is 5.65. The lowest BCUT2D eigenvalue weighted by Gasteiger charge is -2.14. The molecule has 1 unspecified atom stereocenters. The molecule has 1 aromatic rings. The molecule has 94 valence electrons. The largest absolute Gasteiger partial charge is 0.492 e. The van der Waals surface area contributed by atoms with Crippen LogP contribution in [0.3, 0.4) is 0 Å². The Morgan fingerprint density at radius 2 is 2.06 bits per heavy atom. The summed E-state index contributed by atoms with van der Waals surface area (Å²) in [5.41, 5.74) is 2.28. The summed E-state index contributed by atoms with van der Waals surface area (Å²) >= 11 is 0. The number of para-hydroxylation sites is 1. The van der Waals surface area contributed by atoms with Crippen molar-refractivity contribution in [1.29, 1.82) is 0 Å². The van der Waals surface area contributed by atoms with E-state index < -0.39 is 0 Å². The lowest BCUT2D eigenvalue weighted by Crippen LogP contribution is -2.18. The minimum atomic E-state index is 0.696. The Morgan fingerprint density at radius 3 is 2.82 bits per heavy atom. The van der Waals surface area contributed by atoms with E-state index in [0.29, 0.717) is 12.5 Å². The average Bonchev–Trinajstić information content (AvgIpc) is 2.54. The van der Waals surface area contributed by atoms with Gasteiger partial charge in [0.1, 0.15) is 11.4 Å². The van der Waals surface area contributed by atoms with Gasteiger partial charge in [-0.2, -0.15) is 0 Å². The summed E-state index contributed by atoms with van der Waals surface area (Å²) in [4.78, 5) is 0. The van der Waals surface area contributed by atoms with Gasteiger partial charge in [0.15, 0.2) is 0 Å². The molecule has 2 rings (SSSR count). The van der Waals surface area contributed by atoms with Crippen molar-refractivity contribution in [3.63, 3.8) is 0 Å². The summed E-state index contributed by atoms with van der Waals surface area (Å²) in [5.74, 6) is 1.65. The third-order valence-electron chi connectivity index (χ3n) is 3.17. The molecule has 0 bridgehead atoms. The fourth-order valence-electron chi connectivity index (χ4n) is 2.32. The minimum Gasteiger partial charge on any atom is -0.492 e. The maximum Gasteiger partial charge on any atom is 0.144 e. The van der Waals surface area contributed by atoms with E-state index in [1.165, 1.54) is 12.8 Å². The Balaban J connectivity index is 2.15. The molecule has 1 aliphatic heterocycles. The minimum absolute atomic E-state index is 0.696. The van der Waals surface area contributed by atoms with Crippen LogP contribution >= 0.6 is 0 Å². The van der Waals surface area contributed by atoms with E-state index in [2.05, 4.69) is 23.6 Å². The molecule has 3 nitrogen and oxygen atoms in total. The second kappa shape index (κ2) is 5.80. The summed E-state index contributed by atoms with van der Waals surface area (Å²) in [6, 6.07) is 6.18. The van der Waals surface area contributed by atoms with E-state index in [0.717, 1.165) is 30.2 Å². The summed E-state index contributed by atoms with van der Waals surface area (Å²) in [7, 11) is 0. The smallest absolute Gasteiger partial charge is 0.144 e. The zero-order valence-electron chi connectivity index (χ0n) is 10.8. The lowest BCUT2D eigenvalue weighted by molar-refractivity contribution is 0.342. The van der Waals surface area contributed by atoms with E-state index in [1.807, 2.05) is 19.1 Å². The van der Waals surface area contributed by atoms with Gasteiger partial charge in [-0.15, -0.1) is 0 Å². The van der Waals surface area contributed by atoms with E-state index in [1.54, 1.807) is 0 Å². The molecule has 1 aliphatic rings. The number of rotatable bonds is 4. The third-order valence-corrected chi connectivity index (χ3v) is 3.17. The first-order valence-corrected chi connectivity index (χ1v) is 6.58. The topological polar surface area (TPSA) is 33.3 Å². The molecule has 0 amide bonds. The number of fused-ring (bicyclic) bond motifs is 1. The van der Waals surface area contributed by atoms with Crippen molar-refractivity contribution in [1.82, 2.24) is 0 Å². The first-order valence-electron chi connectivity index (χ1n) is 6.58. The quantitative estimate of drug-likeness (QED) is 0.838. The Labute approximate surface area is 104 Å². The van der Waals surface area contributed by atoms with Crippen LogP contribution < -0.4 is 15.4 Å². The van der Waals surface area contributed by atoms with Gasteiger partial charge in [0, 0.05) is 13.1 Å². The fraction of sp³-hybridized carbons (Fsp3) is 0.571. The normalized spacial score (nSPS) is 18.6. The SMILES string of the molecule is CCCC1CNc2cccc(OCC)c2NC1. The van der Waals surface area contributed by atoms with Crippen LogP contribution in [0.15, 0.2) is 18.2 Å². The van der Waals surface area contributed by atoms with Crippen molar-refractivity contribution in [2.45, 2.75) is 26.7 Å². The number of anilines is 2. The van der Waals surface area contributed by atoms with Crippen molar-refractivity contribution < 1.29 is 4.74 Å². The molecule has 1 atom stereocenters. The van der Waals surface area contributed by atoms with Crippen LogP contribution in [0.1, 0.15) is 26.7 Å². The zero-order valence-corrected chi connectivity index (χ0v) is 10.8. The van der Waals surface area contributed by atoms with Gasteiger partial charge in [-0.1, -0.05) is 19.4 Å². The van der Waals surface area contributed by atoms with Crippen LogP contribution in [0.2, 0.25) is 0 Å². The Hall–Kier alpha value is -1.38. The molecule has 0 radical (unpaired) electrons. The molecule has 17 heavy (non-hydrogen) atoms. The standard InChI is InChI=1S/C14H22N2O/c1-3-6-11-9-15-12-7-5-8-13(17-4-2)14(12)16-10-11/h5,7-8,11,15-16H,3-4,6,9-10H2,1-2H3. The van der Waals surface area contributed by atoms with Gasteiger partial charge >= 0.3 is 0 Å². The van der Waals surface area contributed by atoms with Gasteiger partial charge in [-0.25, -0.2) is 0 Å². The van der Waals surface area contributed by atoms with E-state index >= 15 is 0 Å². The molecule has 0 aliphatic carbocycles. The number of nitrogens with one attached hydrogen (secondary N) is 2. The first-order chi connectivity index (χ1) is 8.35. The number of hydrogen-bond donors (Lipinski definition) is 2. The lowest BCUT2D eigenvalue weighted by atomic mass is 10.0. The van der Waals surface area contributed by atoms with Crippen molar-refractivity contribution in [2.24, 2.45) is 5.92 Å². The Bertz CT molecular complexity index is 365. The zero-order chi connectivity index (χ0) is 12.1. The van der Waals surface area contributed by atoms with Gasteiger partial charge in [0.05, 0.1) is 12.3 Å². The van der Waals surface area contributed by atoms with Crippen molar-refractivity contribution in [3.8, 4) is 5.75 Å². The molecule has 2 N–H and O–H groups in total. The highest BCUT2D eigenvalue weighted by molar-refractivity contribution is 5.76. The second-order valence-corrected chi connectivity index (χ2v) is 4.53. The predicted molar refractivity (Wildman–Crippen MR) is 73.0 cm³/mol. The molecular formula is C14H22N2O. The predicted octanol–water partition coefficient (Wildman–Crippen LogP) is 3.34. The van der Waals surface area contributed by atoms with E-state index in [-0.39, 0.29) is 0 Å². The molecule has 0 saturated carbocycles. The molecule has 3 heteroatoms. The highest BCUT2D eigenvalue weighted by Gasteiger charge is 2.17. The fourth-order valence-corrected chi connectivity index (χ4v) is 2.32. The highest BCUT2D eigenvalue weighted by Crippen LogP contribution is 2.34. The van der Waals surface area contributed by atoms with Gasteiger partial charge in [0.25, 0.3) is 0 Å². The summed E-state index contributed by atoms with van der Waals surface area (Å²) < 4.78 is 5.65. The molecule has 1 aromatic carbocycles. The first kappa shape index (κ1) is 12.1. The van der Waals surface area contributed by atoms with E-state index in [9.17, 15) is 0 Å². The van der Waals surface area contributed by atoms with Crippen LogP contribution in [-0.4, -0.2) is 19.7 Å². The molecule has 0 saturated heterocycles. The molecule has 0 spiro atoms. The van der Waals surface area contributed by atoms with E-state index in [4.69, 9.17) is 4.74 Å². The number of ether oxygens (including phenoxy) is 1. The van der Waals surface area contributed by atoms with Crippen LogP contribution in [0.25, 0.3) is 0 Å². The maximum absolute atomic E-state index is 5.65. The molecule has 0 aromatic heterocycles. The van der Waals surface area contributed by atoms with Crippen LogP contribution in [0.5, 0.6) is 5.75 Å². The molecular weight excluding hydrogens is 212 g/mol. The summed E-state index contributed by atoms with van der Waals surface area (Å²) in [6.45, 7) is 7.03. The monoisotopic (exact) mass is 234 g/mol.